The van der Waals surface area contributed by atoms with Crippen LogP contribution in [0.3, 0.4) is 0 Å². The number of hydrogen-bond acceptors (Lipinski definition) is 3. The van der Waals surface area contributed by atoms with Crippen molar-refractivity contribution in [3.63, 3.8) is 0 Å². The number of anilines is 1. The van der Waals surface area contributed by atoms with Gasteiger partial charge in [-0.15, -0.1) is 0 Å². The average Bonchev–Trinajstić information content (AvgIpc) is 2.76. The van der Waals surface area contributed by atoms with Crippen molar-refractivity contribution >= 4 is 17.6 Å². The molecule has 1 amide bonds. The van der Waals surface area contributed by atoms with Gasteiger partial charge in [0.05, 0.1) is 18.7 Å². The van der Waals surface area contributed by atoms with Gasteiger partial charge in [-0.05, 0) is 31.2 Å². The molecule has 1 heterocycles. The Balaban J connectivity index is 1.32. The Kier molecular flexibility index (Phi) is 8.41. The third-order valence-electron chi connectivity index (χ3n) is 5.58. The fourth-order valence-electron chi connectivity index (χ4n) is 3.89. The van der Waals surface area contributed by atoms with Crippen molar-refractivity contribution in [3.05, 3.63) is 65.7 Å². The topological polar surface area (TPSA) is 64.3 Å². The Hall–Kier alpha value is -2.70. The van der Waals surface area contributed by atoms with Crippen LogP contribution in [0.5, 0.6) is 0 Å². The number of carbonyl (C=O) groups excluding carboxylic acids is 2. The van der Waals surface area contributed by atoms with Crippen LogP contribution in [0.25, 0.3) is 0 Å². The summed E-state index contributed by atoms with van der Waals surface area (Å²) in [5.41, 5.74) is 2.61. The quantitative estimate of drug-likeness (QED) is 0.529. The zero-order valence-corrected chi connectivity index (χ0v) is 17.8. The minimum absolute atomic E-state index is 0.0200. The maximum Gasteiger partial charge on any atom is 0.338 e. The molecule has 1 fully saturated rings. The van der Waals surface area contributed by atoms with Crippen LogP contribution in [-0.2, 0) is 16.1 Å². The Morgan fingerprint density at radius 2 is 1.60 bits per heavy atom. The Morgan fingerprint density at radius 3 is 2.27 bits per heavy atom. The predicted octanol–water partition coefficient (Wildman–Crippen LogP) is 0.566. The van der Waals surface area contributed by atoms with Crippen molar-refractivity contribution < 1.29 is 24.1 Å². The molecule has 2 aromatic rings. The maximum absolute atomic E-state index is 12.2. The molecule has 6 heteroatoms. The second-order valence-electron chi connectivity index (χ2n) is 7.86. The van der Waals surface area contributed by atoms with E-state index >= 15 is 0 Å². The standard InChI is InChI=1S/C24H31N3O3/c1-2-30-24(29)21-10-12-22(13-11-21)25-23(28)9-6-14-26-15-17-27(18-16-26)19-20-7-4-3-5-8-20/h3-5,7-8,10-13H,2,6,9,14-19H2,1H3,(H,25,28)/p+2. The number of esters is 1. The van der Waals surface area contributed by atoms with Gasteiger partial charge in [0.25, 0.3) is 0 Å². The molecule has 3 rings (SSSR count). The zero-order chi connectivity index (χ0) is 21.2. The number of amides is 1. The van der Waals surface area contributed by atoms with Gasteiger partial charge in [-0.25, -0.2) is 4.79 Å². The fraction of sp³-hybridized carbons (Fsp3) is 0.417. The highest BCUT2D eigenvalue weighted by molar-refractivity contribution is 5.93. The van der Waals surface area contributed by atoms with Crippen molar-refractivity contribution in [1.29, 1.82) is 0 Å². The van der Waals surface area contributed by atoms with Gasteiger partial charge in [0.1, 0.15) is 32.7 Å². The first kappa shape index (κ1) is 22.0. The highest BCUT2D eigenvalue weighted by atomic mass is 16.5. The number of carbonyl (C=O) groups is 2. The molecule has 6 nitrogen and oxygen atoms in total. The van der Waals surface area contributed by atoms with E-state index in [4.69, 9.17) is 4.74 Å². The molecule has 0 saturated carbocycles. The van der Waals surface area contributed by atoms with Gasteiger partial charge < -0.3 is 19.9 Å². The van der Waals surface area contributed by atoms with E-state index in [2.05, 4.69) is 35.6 Å². The van der Waals surface area contributed by atoms with Gasteiger partial charge in [0.15, 0.2) is 0 Å². The van der Waals surface area contributed by atoms with Crippen molar-refractivity contribution in [3.8, 4) is 0 Å². The Bertz CT molecular complexity index is 800. The first-order valence-electron chi connectivity index (χ1n) is 10.9. The minimum atomic E-state index is -0.343. The zero-order valence-electron chi connectivity index (χ0n) is 17.8. The largest absolute Gasteiger partial charge is 0.462 e. The molecule has 160 valence electrons. The molecule has 30 heavy (non-hydrogen) atoms. The molecule has 1 aliphatic heterocycles. The highest BCUT2D eigenvalue weighted by Gasteiger charge is 2.22. The van der Waals surface area contributed by atoms with Crippen molar-refractivity contribution in [1.82, 2.24) is 0 Å². The summed E-state index contributed by atoms with van der Waals surface area (Å²) in [6, 6.07) is 17.5. The summed E-state index contributed by atoms with van der Waals surface area (Å²) in [5.74, 6) is -0.323. The first-order valence-corrected chi connectivity index (χ1v) is 10.9. The summed E-state index contributed by atoms with van der Waals surface area (Å²) in [7, 11) is 0. The lowest BCUT2D eigenvalue weighted by Crippen LogP contribution is -3.27. The molecule has 0 atom stereocenters. The molecule has 0 spiro atoms. The summed E-state index contributed by atoms with van der Waals surface area (Å²) in [6.07, 6.45) is 1.40. The maximum atomic E-state index is 12.2. The van der Waals surface area contributed by atoms with Crippen LogP contribution >= 0.6 is 0 Å². The molecule has 3 N–H and O–H groups in total. The molecule has 0 unspecified atom stereocenters. The van der Waals surface area contributed by atoms with Crippen LogP contribution < -0.4 is 15.1 Å². The van der Waals surface area contributed by atoms with Gasteiger partial charge in [-0.3, -0.25) is 4.79 Å². The van der Waals surface area contributed by atoms with Crippen molar-refractivity contribution in [2.75, 3.05) is 44.6 Å². The summed E-state index contributed by atoms with van der Waals surface area (Å²) in [5, 5.41) is 2.91. The summed E-state index contributed by atoms with van der Waals surface area (Å²) >= 11 is 0. The number of benzene rings is 2. The number of nitrogens with one attached hydrogen (secondary N) is 3. The molecule has 0 aliphatic carbocycles. The highest BCUT2D eigenvalue weighted by Crippen LogP contribution is 2.11. The number of quaternary nitrogens is 2. The van der Waals surface area contributed by atoms with Crippen molar-refractivity contribution in [2.24, 2.45) is 0 Å². The van der Waals surface area contributed by atoms with Crippen molar-refractivity contribution in [2.45, 2.75) is 26.3 Å². The molecule has 1 saturated heterocycles. The van der Waals surface area contributed by atoms with Crippen LogP contribution in [0.4, 0.5) is 5.69 Å². The van der Waals surface area contributed by atoms with Gasteiger partial charge >= 0.3 is 5.97 Å². The lowest BCUT2D eigenvalue weighted by molar-refractivity contribution is -1.02. The molecule has 0 bridgehead atoms. The predicted molar refractivity (Wildman–Crippen MR) is 117 cm³/mol. The SMILES string of the molecule is CCOC(=O)c1ccc(NC(=O)CCC[NH+]2CC[NH+](Cc3ccccc3)CC2)cc1. The smallest absolute Gasteiger partial charge is 0.338 e. The first-order chi connectivity index (χ1) is 14.6. The van der Waals surface area contributed by atoms with E-state index in [9.17, 15) is 9.59 Å². The minimum Gasteiger partial charge on any atom is -0.462 e. The van der Waals surface area contributed by atoms with Gasteiger partial charge in [-0.1, -0.05) is 30.3 Å². The lowest BCUT2D eigenvalue weighted by Gasteiger charge is -2.29. The Morgan fingerprint density at radius 1 is 0.933 bits per heavy atom. The monoisotopic (exact) mass is 411 g/mol. The molecule has 2 aromatic carbocycles. The molecular formula is C24H33N3O3+2. The normalized spacial score (nSPS) is 18.6. The van der Waals surface area contributed by atoms with Gasteiger partial charge in [-0.2, -0.15) is 0 Å². The lowest BCUT2D eigenvalue weighted by atomic mass is 10.2. The summed E-state index contributed by atoms with van der Waals surface area (Å²) < 4.78 is 4.97. The molecule has 1 aliphatic rings. The van der Waals surface area contributed by atoms with Crippen LogP contribution in [0, 0.1) is 0 Å². The number of rotatable bonds is 9. The van der Waals surface area contributed by atoms with Gasteiger partial charge in [0.2, 0.25) is 5.91 Å². The third kappa shape index (κ3) is 6.97. The van der Waals surface area contributed by atoms with E-state index in [1.54, 1.807) is 41.0 Å². The van der Waals surface area contributed by atoms with E-state index in [-0.39, 0.29) is 11.9 Å². The van der Waals surface area contributed by atoms with Crippen LogP contribution in [0.1, 0.15) is 35.7 Å². The molecule has 0 aromatic heterocycles. The van der Waals surface area contributed by atoms with E-state index in [0.29, 0.717) is 24.3 Å². The molecule has 0 radical (unpaired) electrons. The van der Waals surface area contributed by atoms with Crippen LogP contribution in [0.15, 0.2) is 54.6 Å². The average molecular weight is 412 g/mol. The second kappa shape index (κ2) is 11.5. The van der Waals surface area contributed by atoms with Gasteiger partial charge in [0, 0.05) is 24.1 Å². The Labute approximate surface area is 178 Å². The summed E-state index contributed by atoms with van der Waals surface area (Å²) in [6.45, 7) is 8.96. The fourth-order valence-corrected chi connectivity index (χ4v) is 3.89. The third-order valence-corrected chi connectivity index (χ3v) is 5.58. The van der Waals surface area contributed by atoms with Crippen LogP contribution in [0.2, 0.25) is 0 Å². The van der Waals surface area contributed by atoms with Crippen LogP contribution in [-0.4, -0.2) is 51.2 Å². The van der Waals surface area contributed by atoms with E-state index < -0.39 is 0 Å². The number of piperazine rings is 1. The number of hydrogen-bond donors (Lipinski definition) is 3. The summed E-state index contributed by atoms with van der Waals surface area (Å²) in [4.78, 5) is 27.1. The number of ether oxygens (including phenoxy) is 1. The molecular weight excluding hydrogens is 378 g/mol. The second-order valence-corrected chi connectivity index (χ2v) is 7.86. The van der Waals surface area contributed by atoms with E-state index in [0.717, 1.165) is 19.5 Å². The van der Waals surface area contributed by atoms with E-state index in [1.165, 1.54) is 31.7 Å². The van der Waals surface area contributed by atoms with E-state index in [1.807, 2.05) is 0 Å².